The molecule has 0 bridgehead atoms. The quantitative estimate of drug-likeness (QED) is 0.743. The topological polar surface area (TPSA) is 66.7 Å². The van der Waals surface area contributed by atoms with E-state index in [9.17, 15) is 4.79 Å². The summed E-state index contributed by atoms with van der Waals surface area (Å²) in [5, 5.41) is 6.75. The number of hydrogen-bond donors (Lipinski definition) is 2. The van der Waals surface area contributed by atoms with E-state index in [-0.39, 0.29) is 11.3 Å². The molecule has 0 radical (unpaired) electrons. The third-order valence-corrected chi connectivity index (χ3v) is 6.85. The van der Waals surface area contributed by atoms with Gasteiger partial charge in [-0.3, -0.25) is 9.69 Å². The molecule has 4 rings (SSSR count). The Hall–Kier alpha value is -1.37. The van der Waals surface area contributed by atoms with E-state index < -0.39 is 0 Å². The molecule has 0 aromatic carbocycles. The maximum Gasteiger partial charge on any atom is 0.227 e. The van der Waals surface area contributed by atoms with Crippen molar-refractivity contribution in [2.45, 2.75) is 44.6 Å². The van der Waals surface area contributed by atoms with Crippen LogP contribution in [0.5, 0.6) is 0 Å². The number of aryl methyl sites for hydroxylation is 1. The standard InChI is InChI=1S/C21H33N3O3/c25-20(23-8-1-3-19-4-2-12-27-19)21-7-5-18(24-10-13-26-14-11-24)15-17(21)6-9-22-16-21/h2,4,12,17-18,22H,1,3,5-11,13-16H2,(H,23,25)/t17-,18?,21-/m1/s1. The van der Waals surface area contributed by atoms with Crippen molar-refractivity contribution < 1.29 is 13.9 Å². The third kappa shape index (κ3) is 4.23. The summed E-state index contributed by atoms with van der Waals surface area (Å²) in [7, 11) is 0. The summed E-state index contributed by atoms with van der Waals surface area (Å²) in [6.07, 6.45) is 7.89. The Labute approximate surface area is 162 Å². The zero-order chi connectivity index (χ0) is 18.5. The molecule has 1 saturated carbocycles. The second-order valence-corrected chi connectivity index (χ2v) is 8.33. The molecule has 3 heterocycles. The molecule has 0 spiro atoms. The van der Waals surface area contributed by atoms with Crippen molar-refractivity contribution in [3.8, 4) is 0 Å². The number of ether oxygens (including phenoxy) is 1. The summed E-state index contributed by atoms with van der Waals surface area (Å²) >= 11 is 0. The zero-order valence-corrected chi connectivity index (χ0v) is 16.3. The highest BCUT2D eigenvalue weighted by molar-refractivity contribution is 5.83. The molecule has 2 aliphatic heterocycles. The van der Waals surface area contributed by atoms with Gasteiger partial charge >= 0.3 is 0 Å². The van der Waals surface area contributed by atoms with Crippen LogP contribution in [0, 0.1) is 11.3 Å². The highest BCUT2D eigenvalue weighted by Crippen LogP contribution is 2.46. The number of furan rings is 1. The van der Waals surface area contributed by atoms with Crippen LogP contribution < -0.4 is 10.6 Å². The van der Waals surface area contributed by atoms with Crippen LogP contribution >= 0.6 is 0 Å². The highest BCUT2D eigenvalue weighted by Gasteiger charge is 2.50. The first-order chi connectivity index (χ1) is 13.3. The van der Waals surface area contributed by atoms with Gasteiger partial charge in [-0.05, 0) is 56.7 Å². The van der Waals surface area contributed by atoms with E-state index in [0.29, 0.717) is 12.0 Å². The van der Waals surface area contributed by atoms with Gasteiger partial charge in [0.15, 0.2) is 0 Å². The second kappa shape index (κ2) is 8.76. The number of rotatable bonds is 6. The monoisotopic (exact) mass is 375 g/mol. The highest BCUT2D eigenvalue weighted by atomic mass is 16.5. The molecule has 1 amide bonds. The molecule has 6 heteroatoms. The number of nitrogens with one attached hydrogen (secondary N) is 2. The molecule has 3 atom stereocenters. The van der Waals surface area contributed by atoms with Crippen LogP contribution in [0.15, 0.2) is 22.8 Å². The average Bonchev–Trinajstić information content (AvgIpc) is 3.25. The van der Waals surface area contributed by atoms with Crippen LogP contribution in [-0.2, 0) is 16.0 Å². The van der Waals surface area contributed by atoms with Crippen LogP contribution in [0.25, 0.3) is 0 Å². The van der Waals surface area contributed by atoms with E-state index in [1.165, 1.54) is 0 Å². The van der Waals surface area contributed by atoms with Crippen molar-refractivity contribution in [2.75, 3.05) is 45.9 Å². The van der Waals surface area contributed by atoms with Gasteiger partial charge in [0, 0.05) is 38.6 Å². The molecule has 2 N–H and O–H groups in total. The van der Waals surface area contributed by atoms with Gasteiger partial charge in [-0.25, -0.2) is 0 Å². The summed E-state index contributed by atoms with van der Waals surface area (Å²) in [6.45, 7) is 6.38. The lowest BCUT2D eigenvalue weighted by Gasteiger charge is -2.50. The van der Waals surface area contributed by atoms with E-state index in [1.54, 1.807) is 6.26 Å². The first-order valence-electron chi connectivity index (χ1n) is 10.6. The molecule has 1 aromatic rings. The van der Waals surface area contributed by atoms with E-state index >= 15 is 0 Å². The predicted molar refractivity (Wildman–Crippen MR) is 103 cm³/mol. The van der Waals surface area contributed by atoms with Crippen molar-refractivity contribution >= 4 is 5.91 Å². The van der Waals surface area contributed by atoms with Crippen molar-refractivity contribution in [1.82, 2.24) is 15.5 Å². The Morgan fingerprint density at radius 1 is 1.33 bits per heavy atom. The van der Waals surface area contributed by atoms with E-state index in [1.807, 2.05) is 12.1 Å². The molecule has 2 saturated heterocycles. The van der Waals surface area contributed by atoms with Crippen LogP contribution in [0.3, 0.4) is 0 Å². The van der Waals surface area contributed by atoms with Crippen molar-refractivity contribution in [3.63, 3.8) is 0 Å². The Kier molecular flexibility index (Phi) is 6.15. The lowest BCUT2D eigenvalue weighted by atomic mass is 9.61. The number of hydrogen-bond acceptors (Lipinski definition) is 5. The fraction of sp³-hybridized carbons (Fsp3) is 0.762. The summed E-state index contributed by atoms with van der Waals surface area (Å²) in [5.41, 5.74) is -0.217. The maximum atomic E-state index is 13.2. The van der Waals surface area contributed by atoms with Crippen LogP contribution in [-0.4, -0.2) is 62.8 Å². The molecular weight excluding hydrogens is 342 g/mol. The fourth-order valence-electron chi connectivity index (χ4n) is 5.26. The Bertz CT molecular complexity index is 600. The van der Waals surface area contributed by atoms with Gasteiger partial charge < -0.3 is 19.8 Å². The van der Waals surface area contributed by atoms with Crippen LogP contribution in [0.1, 0.15) is 37.9 Å². The fourth-order valence-corrected chi connectivity index (χ4v) is 5.26. The molecule has 3 fully saturated rings. The lowest BCUT2D eigenvalue weighted by Crippen LogP contribution is -2.60. The minimum atomic E-state index is -0.217. The number of morpholine rings is 1. The minimum absolute atomic E-state index is 0.217. The molecule has 3 aliphatic rings. The first-order valence-corrected chi connectivity index (χ1v) is 10.6. The SMILES string of the molecule is O=C(NCCCc1ccco1)[C@@]12CCC(N3CCOCC3)C[C@H]1CCNC2. The van der Waals surface area contributed by atoms with Gasteiger partial charge in [-0.15, -0.1) is 0 Å². The van der Waals surface area contributed by atoms with Crippen molar-refractivity contribution in [2.24, 2.45) is 11.3 Å². The smallest absolute Gasteiger partial charge is 0.227 e. The molecule has 6 nitrogen and oxygen atoms in total. The van der Waals surface area contributed by atoms with E-state index in [2.05, 4.69) is 15.5 Å². The van der Waals surface area contributed by atoms with Crippen LogP contribution in [0.4, 0.5) is 0 Å². The molecule has 1 aliphatic carbocycles. The average molecular weight is 376 g/mol. The third-order valence-electron chi connectivity index (χ3n) is 6.85. The van der Waals surface area contributed by atoms with Gasteiger partial charge in [-0.1, -0.05) is 0 Å². The van der Waals surface area contributed by atoms with Crippen molar-refractivity contribution in [1.29, 1.82) is 0 Å². The van der Waals surface area contributed by atoms with Gasteiger partial charge in [0.05, 0.1) is 24.9 Å². The number of carbonyl (C=O) groups excluding carboxylic acids is 1. The van der Waals surface area contributed by atoms with E-state index in [0.717, 1.165) is 90.2 Å². The maximum absolute atomic E-state index is 13.2. The number of amides is 1. The van der Waals surface area contributed by atoms with Crippen LogP contribution in [0.2, 0.25) is 0 Å². The Morgan fingerprint density at radius 3 is 3.04 bits per heavy atom. The number of piperidine rings is 1. The van der Waals surface area contributed by atoms with Crippen molar-refractivity contribution in [3.05, 3.63) is 24.2 Å². The molecule has 150 valence electrons. The predicted octanol–water partition coefficient (Wildman–Crippen LogP) is 1.81. The largest absolute Gasteiger partial charge is 0.469 e. The second-order valence-electron chi connectivity index (χ2n) is 8.33. The summed E-state index contributed by atoms with van der Waals surface area (Å²) in [5.74, 6) is 1.75. The minimum Gasteiger partial charge on any atom is -0.469 e. The van der Waals surface area contributed by atoms with E-state index in [4.69, 9.17) is 9.15 Å². The molecule has 1 unspecified atom stereocenters. The Balaban J connectivity index is 1.32. The zero-order valence-electron chi connectivity index (χ0n) is 16.3. The molecule has 27 heavy (non-hydrogen) atoms. The normalized spacial score (nSPS) is 32.0. The van der Waals surface area contributed by atoms with Gasteiger partial charge in [0.25, 0.3) is 0 Å². The summed E-state index contributed by atoms with van der Waals surface area (Å²) < 4.78 is 10.9. The first kappa shape index (κ1) is 19.0. The summed E-state index contributed by atoms with van der Waals surface area (Å²) in [4.78, 5) is 15.8. The molecular formula is C21H33N3O3. The van der Waals surface area contributed by atoms with Gasteiger partial charge in [0.1, 0.15) is 5.76 Å². The van der Waals surface area contributed by atoms with Gasteiger partial charge in [0.2, 0.25) is 5.91 Å². The lowest BCUT2D eigenvalue weighted by molar-refractivity contribution is -0.140. The molecule has 1 aromatic heterocycles. The number of nitrogens with zero attached hydrogens (tertiary/aromatic N) is 1. The number of carbonyl (C=O) groups is 1. The number of fused-ring (bicyclic) bond motifs is 1. The summed E-state index contributed by atoms with van der Waals surface area (Å²) in [6, 6.07) is 4.53. The van der Waals surface area contributed by atoms with Gasteiger partial charge in [-0.2, -0.15) is 0 Å². The Morgan fingerprint density at radius 2 is 2.22 bits per heavy atom.